The summed E-state index contributed by atoms with van der Waals surface area (Å²) in [5.41, 5.74) is 9.91. The van der Waals surface area contributed by atoms with Gasteiger partial charge in [-0.3, -0.25) is 0 Å². The van der Waals surface area contributed by atoms with E-state index in [1.54, 1.807) is 0 Å². The van der Waals surface area contributed by atoms with E-state index in [2.05, 4.69) is 46.8 Å². The zero-order valence-corrected chi connectivity index (χ0v) is 13.8. The second-order valence-corrected chi connectivity index (χ2v) is 6.34. The number of nitrogens with two attached hydrogens (primary N) is 1. The van der Waals surface area contributed by atoms with Crippen LogP contribution < -0.4 is 10.5 Å². The fourth-order valence-corrected chi connectivity index (χ4v) is 2.44. The van der Waals surface area contributed by atoms with E-state index in [1.807, 2.05) is 0 Å². The predicted octanol–water partition coefficient (Wildman–Crippen LogP) is 4.40. The molecular weight excluding hydrogens is 246 g/mol. The summed E-state index contributed by atoms with van der Waals surface area (Å²) in [6.45, 7) is 11.6. The summed E-state index contributed by atoms with van der Waals surface area (Å²) in [6, 6.07) is 4.80. The largest absolute Gasteiger partial charge is 0.493 e. The van der Waals surface area contributed by atoms with Crippen molar-refractivity contribution in [2.45, 2.75) is 66.3 Å². The van der Waals surface area contributed by atoms with E-state index in [4.69, 9.17) is 10.5 Å². The monoisotopic (exact) mass is 277 g/mol. The highest BCUT2D eigenvalue weighted by Gasteiger charge is 2.10. The number of hydrogen-bond donors (Lipinski definition) is 1. The maximum absolute atomic E-state index is 6.04. The van der Waals surface area contributed by atoms with E-state index >= 15 is 0 Å². The van der Waals surface area contributed by atoms with Crippen LogP contribution in [0.2, 0.25) is 0 Å². The Morgan fingerprint density at radius 1 is 1.20 bits per heavy atom. The third-order valence-electron chi connectivity index (χ3n) is 3.60. The Bertz CT molecular complexity index is 412. The van der Waals surface area contributed by atoms with Crippen LogP contribution in [0, 0.1) is 19.8 Å². The van der Waals surface area contributed by atoms with Crippen LogP contribution >= 0.6 is 0 Å². The smallest absolute Gasteiger partial charge is 0.125 e. The van der Waals surface area contributed by atoms with Gasteiger partial charge in [0, 0.05) is 6.04 Å². The molecule has 2 N–H and O–H groups in total. The van der Waals surface area contributed by atoms with Crippen molar-refractivity contribution in [2.75, 3.05) is 6.61 Å². The second kappa shape index (κ2) is 8.31. The molecule has 0 aromatic heterocycles. The summed E-state index contributed by atoms with van der Waals surface area (Å²) in [4.78, 5) is 0. The summed E-state index contributed by atoms with van der Waals surface area (Å²) >= 11 is 0. The predicted molar refractivity (Wildman–Crippen MR) is 87.5 cm³/mol. The summed E-state index contributed by atoms with van der Waals surface area (Å²) < 4.78 is 6.04. The van der Waals surface area contributed by atoms with Gasteiger partial charge < -0.3 is 10.5 Å². The first kappa shape index (κ1) is 17.0. The van der Waals surface area contributed by atoms with Crippen LogP contribution in [0.15, 0.2) is 12.1 Å². The Hall–Kier alpha value is -1.02. The first-order chi connectivity index (χ1) is 9.43. The van der Waals surface area contributed by atoms with Crippen LogP contribution in [0.3, 0.4) is 0 Å². The lowest BCUT2D eigenvalue weighted by Gasteiger charge is -2.17. The molecule has 0 aliphatic carbocycles. The SMILES string of the molecule is CCC(N)CCCc1cc(C)cc(C)c1OCC(C)C. The summed E-state index contributed by atoms with van der Waals surface area (Å²) in [5, 5.41) is 0. The first-order valence-electron chi connectivity index (χ1n) is 7.92. The van der Waals surface area contributed by atoms with Crippen LogP contribution in [0.5, 0.6) is 5.75 Å². The molecule has 1 atom stereocenters. The maximum atomic E-state index is 6.04. The van der Waals surface area contributed by atoms with Crippen LogP contribution in [0.4, 0.5) is 0 Å². The van der Waals surface area contributed by atoms with Gasteiger partial charge in [-0.15, -0.1) is 0 Å². The maximum Gasteiger partial charge on any atom is 0.125 e. The topological polar surface area (TPSA) is 35.2 Å². The quantitative estimate of drug-likeness (QED) is 0.764. The van der Waals surface area contributed by atoms with E-state index in [0.717, 1.165) is 38.0 Å². The molecule has 114 valence electrons. The molecule has 0 aliphatic rings. The van der Waals surface area contributed by atoms with Crippen molar-refractivity contribution in [3.05, 3.63) is 28.8 Å². The van der Waals surface area contributed by atoms with E-state index in [-0.39, 0.29) is 0 Å². The van der Waals surface area contributed by atoms with Crippen LogP contribution in [0.1, 0.15) is 56.7 Å². The molecule has 0 heterocycles. The zero-order valence-electron chi connectivity index (χ0n) is 13.8. The van der Waals surface area contributed by atoms with Gasteiger partial charge >= 0.3 is 0 Å². The van der Waals surface area contributed by atoms with Gasteiger partial charge in [0.25, 0.3) is 0 Å². The number of aryl methyl sites for hydroxylation is 3. The van der Waals surface area contributed by atoms with E-state index in [0.29, 0.717) is 12.0 Å². The van der Waals surface area contributed by atoms with Gasteiger partial charge in [-0.25, -0.2) is 0 Å². The van der Waals surface area contributed by atoms with Crippen molar-refractivity contribution < 1.29 is 4.74 Å². The van der Waals surface area contributed by atoms with E-state index in [9.17, 15) is 0 Å². The number of ether oxygens (including phenoxy) is 1. The van der Waals surface area contributed by atoms with E-state index in [1.165, 1.54) is 16.7 Å². The zero-order chi connectivity index (χ0) is 15.1. The highest BCUT2D eigenvalue weighted by molar-refractivity contribution is 5.44. The molecule has 0 saturated heterocycles. The minimum Gasteiger partial charge on any atom is -0.493 e. The third kappa shape index (κ3) is 5.54. The lowest BCUT2D eigenvalue weighted by molar-refractivity contribution is 0.266. The summed E-state index contributed by atoms with van der Waals surface area (Å²) in [7, 11) is 0. The van der Waals surface area contributed by atoms with Crippen molar-refractivity contribution in [3.8, 4) is 5.75 Å². The van der Waals surface area contributed by atoms with Crippen LogP contribution in [0.25, 0.3) is 0 Å². The third-order valence-corrected chi connectivity index (χ3v) is 3.60. The average Bonchev–Trinajstić information content (AvgIpc) is 2.36. The van der Waals surface area contributed by atoms with E-state index < -0.39 is 0 Å². The summed E-state index contributed by atoms with van der Waals surface area (Å²) in [5.74, 6) is 1.64. The van der Waals surface area contributed by atoms with Gasteiger partial charge in [-0.2, -0.15) is 0 Å². The van der Waals surface area contributed by atoms with Crippen molar-refractivity contribution in [2.24, 2.45) is 11.7 Å². The Morgan fingerprint density at radius 2 is 1.90 bits per heavy atom. The second-order valence-electron chi connectivity index (χ2n) is 6.34. The first-order valence-corrected chi connectivity index (χ1v) is 7.92. The fraction of sp³-hybridized carbons (Fsp3) is 0.667. The summed E-state index contributed by atoms with van der Waals surface area (Å²) in [6.07, 6.45) is 4.34. The number of rotatable bonds is 8. The Kier molecular flexibility index (Phi) is 7.08. The molecule has 2 nitrogen and oxygen atoms in total. The molecule has 0 spiro atoms. The van der Waals surface area contributed by atoms with Gasteiger partial charge in [0.2, 0.25) is 0 Å². The van der Waals surface area contributed by atoms with Crippen molar-refractivity contribution >= 4 is 0 Å². The van der Waals surface area contributed by atoms with Gasteiger partial charge in [0.15, 0.2) is 0 Å². The minimum absolute atomic E-state index is 0.334. The van der Waals surface area contributed by atoms with Crippen molar-refractivity contribution in [1.29, 1.82) is 0 Å². The fourth-order valence-electron chi connectivity index (χ4n) is 2.44. The van der Waals surface area contributed by atoms with Crippen LogP contribution in [-0.2, 0) is 6.42 Å². The number of benzene rings is 1. The lowest BCUT2D eigenvalue weighted by Crippen LogP contribution is -2.18. The molecule has 1 aromatic carbocycles. The molecule has 0 aliphatic heterocycles. The van der Waals surface area contributed by atoms with Gasteiger partial charge in [-0.1, -0.05) is 38.5 Å². The van der Waals surface area contributed by atoms with Crippen molar-refractivity contribution in [1.82, 2.24) is 0 Å². The molecule has 1 aromatic rings. The molecule has 1 unspecified atom stereocenters. The highest BCUT2D eigenvalue weighted by Crippen LogP contribution is 2.27. The lowest BCUT2D eigenvalue weighted by atomic mass is 9.99. The average molecular weight is 277 g/mol. The van der Waals surface area contributed by atoms with Gasteiger partial charge in [0.05, 0.1) is 6.61 Å². The Morgan fingerprint density at radius 3 is 2.50 bits per heavy atom. The molecular formula is C18H31NO. The molecule has 2 heteroatoms. The van der Waals surface area contributed by atoms with Gasteiger partial charge in [0.1, 0.15) is 5.75 Å². The minimum atomic E-state index is 0.334. The van der Waals surface area contributed by atoms with Gasteiger partial charge in [-0.05, 0) is 56.6 Å². The molecule has 1 rings (SSSR count). The van der Waals surface area contributed by atoms with Crippen molar-refractivity contribution in [3.63, 3.8) is 0 Å². The molecule has 0 radical (unpaired) electrons. The molecule has 20 heavy (non-hydrogen) atoms. The molecule has 0 fully saturated rings. The Labute approximate surface area is 124 Å². The highest BCUT2D eigenvalue weighted by atomic mass is 16.5. The molecule has 0 saturated carbocycles. The number of hydrogen-bond acceptors (Lipinski definition) is 2. The van der Waals surface area contributed by atoms with Crippen LogP contribution in [-0.4, -0.2) is 12.6 Å². The standard InChI is InChI=1S/C18H31NO/c1-6-17(19)9-7-8-16-11-14(4)10-15(5)18(16)20-12-13(2)3/h10-11,13,17H,6-9,12,19H2,1-5H3. The normalized spacial score (nSPS) is 12.8. The Balaban J connectivity index is 2.75. The molecule has 0 bridgehead atoms. The molecule has 0 amide bonds.